The van der Waals surface area contributed by atoms with E-state index in [0.29, 0.717) is 0 Å². The summed E-state index contributed by atoms with van der Waals surface area (Å²) in [6.07, 6.45) is 15.7. The van der Waals surface area contributed by atoms with E-state index in [2.05, 4.69) is 47.9 Å². The fraction of sp³-hybridized carbons (Fsp3) is 0.258. The smallest absolute Gasteiger partial charge is 0.124 e. The van der Waals surface area contributed by atoms with Crippen molar-refractivity contribution in [2.75, 3.05) is 19.6 Å². The van der Waals surface area contributed by atoms with Gasteiger partial charge in [-0.1, -0.05) is 18.7 Å². The molecular formula is C31H32FN7. The summed E-state index contributed by atoms with van der Waals surface area (Å²) in [5.41, 5.74) is 7.28. The molecule has 4 aromatic heterocycles. The zero-order chi connectivity index (χ0) is 26.8. The SMILES string of the molecule is C=c1c(-c2cc3c(-c4cc(F)cc(CCCN5CCCC5)c4)cncc3[nH]2)n[nH]/c1=C/C=C(\C)c1cn[nH]c1. The Bertz CT molecular complexity index is 1740. The standard InChI is InChI=1S/C31H32FN7/c1-20(24-16-34-35-17-24)7-8-28-21(2)31(38-37-28)29-15-26-27(18-33-19-30(26)36-29)23-12-22(13-25(32)14-23)6-5-11-39-9-3-4-10-39/h7-8,12-19,36-37H,2-6,9-11H2,1H3,(H,34,35)/b20-7+,28-8+. The van der Waals surface area contributed by atoms with Crippen molar-refractivity contribution >= 4 is 29.1 Å². The maximum Gasteiger partial charge on any atom is 0.124 e. The molecule has 0 aliphatic carbocycles. The molecule has 0 spiro atoms. The first-order valence-electron chi connectivity index (χ1n) is 13.5. The van der Waals surface area contributed by atoms with Gasteiger partial charge in [0.1, 0.15) is 11.5 Å². The summed E-state index contributed by atoms with van der Waals surface area (Å²) >= 11 is 0. The predicted molar refractivity (Wildman–Crippen MR) is 155 cm³/mol. The Balaban J connectivity index is 1.29. The summed E-state index contributed by atoms with van der Waals surface area (Å²) in [5, 5.41) is 17.1. The number of allylic oxidation sites excluding steroid dienone is 2. The number of halogens is 1. The summed E-state index contributed by atoms with van der Waals surface area (Å²) in [4.78, 5) is 10.4. The van der Waals surface area contributed by atoms with Gasteiger partial charge in [-0.05, 0) is 93.2 Å². The first-order chi connectivity index (χ1) is 19.0. The lowest BCUT2D eigenvalue weighted by molar-refractivity contribution is 0.334. The second-order valence-electron chi connectivity index (χ2n) is 10.3. The van der Waals surface area contributed by atoms with Crippen molar-refractivity contribution in [3.8, 4) is 22.5 Å². The Kier molecular flexibility index (Phi) is 6.94. The molecule has 5 heterocycles. The van der Waals surface area contributed by atoms with Crippen molar-refractivity contribution in [1.82, 2.24) is 35.3 Å². The molecule has 1 fully saturated rings. The van der Waals surface area contributed by atoms with Crippen LogP contribution >= 0.6 is 0 Å². The Morgan fingerprint density at radius 2 is 2.00 bits per heavy atom. The summed E-state index contributed by atoms with van der Waals surface area (Å²) in [5.74, 6) is -0.220. The van der Waals surface area contributed by atoms with Crippen molar-refractivity contribution in [3.05, 3.63) is 82.6 Å². The highest BCUT2D eigenvalue weighted by atomic mass is 19.1. The quantitative estimate of drug-likeness (QED) is 0.274. The summed E-state index contributed by atoms with van der Waals surface area (Å²) in [6, 6.07) is 7.39. The van der Waals surface area contributed by atoms with E-state index in [1.807, 2.05) is 31.3 Å². The second kappa shape index (κ2) is 10.8. The van der Waals surface area contributed by atoms with Crippen LogP contribution in [0.1, 0.15) is 37.3 Å². The lowest BCUT2D eigenvalue weighted by Crippen LogP contribution is -2.21. The highest BCUT2D eigenvalue weighted by molar-refractivity contribution is 5.97. The van der Waals surface area contributed by atoms with Gasteiger partial charge >= 0.3 is 0 Å². The number of likely N-dealkylation sites (tertiary alicyclic amines) is 1. The molecule has 8 heteroatoms. The minimum absolute atomic E-state index is 0.220. The highest BCUT2D eigenvalue weighted by Crippen LogP contribution is 2.31. The molecule has 6 rings (SSSR count). The normalized spacial score (nSPS) is 15.1. The molecule has 7 nitrogen and oxygen atoms in total. The average Bonchev–Trinajstić information content (AvgIpc) is 3.74. The third-order valence-corrected chi connectivity index (χ3v) is 7.56. The summed E-state index contributed by atoms with van der Waals surface area (Å²) < 4.78 is 14.7. The van der Waals surface area contributed by atoms with Crippen LogP contribution in [0.5, 0.6) is 0 Å². The number of H-pyrrole nitrogens is 3. The van der Waals surface area contributed by atoms with Crippen LogP contribution in [0.25, 0.3) is 51.6 Å². The second-order valence-corrected chi connectivity index (χ2v) is 10.3. The number of hydrogen-bond donors (Lipinski definition) is 3. The molecule has 0 bridgehead atoms. The number of aromatic nitrogens is 6. The van der Waals surface area contributed by atoms with Gasteiger partial charge in [-0.15, -0.1) is 0 Å². The molecule has 0 radical (unpaired) electrons. The molecule has 1 aliphatic rings. The third kappa shape index (κ3) is 5.33. The lowest BCUT2D eigenvalue weighted by atomic mass is 9.99. The molecular weight excluding hydrogens is 489 g/mol. The first-order valence-corrected chi connectivity index (χ1v) is 13.5. The number of fused-ring (bicyclic) bond motifs is 1. The van der Waals surface area contributed by atoms with Gasteiger partial charge in [0.15, 0.2) is 0 Å². The number of nitrogens with one attached hydrogen (secondary N) is 3. The Morgan fingerprint density at radius 1 is 1.13 bits per heavy atom. The number of aromatic amines is 3. The molecule has 0 atom stereocenters. The molecule has 5 aromatic rings. The van der Waals surface area contributed by atoms with Gasteiger partial charge < -0.3 is 9.88 Å². The summed E-state index contributed by atoms with van der Waals surface area (Å²) in [6.45, 7) is 9.73. The number of benzene rings is 1. The Hall–Kier alpha value is -4.30. The molecule has 3 N–H and O–H groups in total. The van der Waals surface area contributed by atoms with E-state index >= 15 is 0 Å². The van der Waals surface area contributed by atoms with Crippen LogP contribution in [0.3, 0.4) is 0 Å². The lowest BCUT2D eigenvalue weighted by Gasteiger charge is -2.14. The maximum atomic E-state index is 14.7. The van der Waals surface area contributed by atoms with Gasteiger partial charge in [0.05, 0.1) is 29.0 Å². The van der Waals surface area contributed by atoms with E-state index in [1.54, 1.807) is 30.7 Å². The zero-order valence-electron chi connectivity index (χ0n) is 22.1. The van der Waals surface area contributed by atoms with E-state index in [-0.39, 0.29) is 5.82 Å². The largest absolute Gasteiger partial charge is 0.352 e. The first kappa shape index (κ1) is 25.0. The average molecular weight is 522 g/mol. The minimum Gasteiger partial charge on any atom is -0.352 e. The van der Waals surface area contributed by atoms with Gasteiger partial charge in [0.2, 0.25) is 0 Å². The minimum atomic E-state index is -0.220. The van der Waals surface area contributed by atoms with E-state index in [0.717, 1.165) is 80.1 Å². The summed E-state index contributed by atoms with van der Waals surface area (Å²) in [7, 11) is 0. The maximum absolute atomic E-state index is 14.7. The fourth-order valence-electron chi connectivity index (χ4n) is 5.38. The number of nitrogens with zero attached hydrogens (tertiary/aromatic N) is 4. The molecule has 0 saturated carbocycles. The van der Waals surface area contributed by atoms with Crippen LogP contribution in [0.2, 0.25) is 0 Å². The molecule has 1 saturated heterocycles. The van der Waals surface area contributed by atoms with Crippen LogP contribution in [0, 0.1) is 5.82 Å². The predicted octanol–water partition coefficient (Wildman–Crippen LogP) is 4.80. The van der Waals surface area contributed by atoms with Gasteiger partial charge in [-0.2, -0.15) is 10.2 Å². The number of aryl methyl sites for hydroxylation is 1. The monoisotopic (exact) mass is 521 g/mol. The van der Waals surface area contributed by atoms with Crippen molar-refractivity contribution < 1.29 is 4.39 Å². The van der Waals surface area contributed by atoms with Gasteiger partial charge in [0, 0.05) is 34.1 Å². The van der Waals surface area contributed by atoms with Crippen molar-refractivity contribution in [2.45, 2.75) is 32.6 Å². The molecule has 1 aliphatic heterocycles. The molecule has 39 heavy (non-hydrogen) atoms. The van der Waals surface area contributed by atoms with Crippen molar-refractivity contribution in [2.24, 2.45) is 0 Å². The van der Waals surface area contributed by atoms with E-state index < -0.39 is 0 Å². The fourth-order valence-corrected chi connectivity index (χ4v) is 5.38. The van der Waals surface area contributed by atoms with Crippen LogP contribution in [-0.2, 0) is 6.42 Å². The van der Waals surface area contributed by atoms with E-state index in [4.69, 9.17) is 0 Å². The van der Waals surface area contributed by atoms with E-state index in [1.165, 1.54) is 25.9 Å². The van der Waals surface area contributed by atoms with Crippen LogP contribution < -0.4 is 10.6 Å². The van der Waals surface area contributed by atoms with Gasteiger partial charge in [-0.3, -0.25) is 15.2 Å². The topological polar surface area (TPSA) is 89.3 Å². The molecule has 198 valence electrons. The Labute approximate surface area is 226 Å². The third-order valence-electron chi connectivity index (χ3n) is 7.56. The van der Waals surface area contributed by atoms with Crippen LogP contribution in [0.15, 0.2) is 55.1 Å². The van der Waals surface area contributed by atoms with Gasteiger partial charge in [-0.25, -0.2) is 4.39 Å². The van der Waals surface area contributed by atoms with Crippen molar-refractivity contribution in [3.63, 3.8) is 0 Å². The number of pyridine rings is 1. The Morgan fingerprint density at radius 3 is 2.82 bits per heavy atom. The van der Waals surface area contributed by atoms with Crippen molar-refractivity contribution in [1.29, 1.82) is 0 Å². The highest BCUT2D eigenvalue weighted by Gasteiger charge is 2.14. The van der Waals surface area contributed by atoms with Crippen LogP contribution in [0.4, 0.5) is 4.39 Å². The van der Waals surface area contributed by atoms with Crippen LogP contribution in [-0.4, -0.2) is 54.9 Å². The molecule has 1 aromatic carbocycles. The van der Waals surface area contributed by atoms with E-state index in [9.17, 15) is 4.39 Å². The zero-order valence-corrected chi connectivity index (χ0v) is 22.1. The molecule has 0 amide bonds. The number of hydrogen-bond acceptors (Lipinski definition) is 4. The number of rotatable bonds is 8. The van der Waals surface area contributed by atoms with Gasteiger partial charge in [0.25, 0.3) is 0 Å². The molecule has 0 unspecified atom stereocenters.